The van der Waals surface area contributed by atoms with Crippen molar-refractivity contribution in [2.75, 3.05) is 37.6 Å². The number of carbonyl (C=O) groups is 1. The fourth-order valence-electron chi connectivity index (χ4n) is 4.55. The van der Waals surface area contributed by atoms with E-state index in [-0.39, 0.29) is 28.5 Å². The fourth-order valence-corrected chi connectivity index (χ4v) is 5.41. The number of amides is 1. The molecule has 160 valence electrons. The molecule has 1 aromatic carbocycles. The molecule has 1 amide bonds. The molecule has 0 bridgehead atoms. The number of piperidine rings is 1. The minimum absolute atomic E-state index is 0.0356. The number of nitro groups is 1. The quantitative estimate of drug-likeness (QED) is 0.536. The van der Waals surface area contributed by atoms with Gasteiger partial charge in [-0.3, -0.25) is 19.8 Å². The Bertz CT molecular complexity index is 859. The van der Waals surface area contributed by atoms with Crippen LogP contribution in [0.25, 0.3) is 0 Å². The third-order valence-corrected chi connectivity index (χ3v) is 7.18. The Kier molecular flexibility index (Phi) is 6.64. The molecule has 2 fully saturated rings. The number of carbonyl (C=O) groups excluding carboxylic acids is 1. The van der Waals surface area contributed by atoms with Gasteiger partial charge in [-0.15, -0.1) is 11.3 Å². The molecule has 0 spiro atoms. The van der Waals surface area contributed by atoms with Gasteiger partial charge in [0.05, 0.1) is 11.0 Å². The van der Waals surface area contributed by atoms with Gasteiger partial charge >= 0.3 is 0 Å². The highest BCUT2D eigenvalue weighted by atomic mass is 32.1. The van der Waals surface area contributed by atoms with Crippen LogP contribution in [0.5, 0.6) is 0 Å². The Morgan fingerprint density at radius 3 is 2.53 bits per heavy atom. The molecule has 1 aromatic heterocycles. The highest BCUT2D eigenvalue weighted by Crippen LogP contribution is 2.32. The first-order valence-corrected chi connectivity index (χ1v) is 11.5. The molecule has 0 radical (unpaired) electrons. The van der Waals surface area contributed by atoms with Gasteiger partial charge < -0.3 is 10.2 Å². The molecule has 2 aliphatic rings. The molecule has 30 heavy (non-hydrogen) atoms. The summed E-state index contributed by atoms with van der Waals surface area (Å²) in [5.41, 5.74) is 0.776. The minimum atomic E-state index is -0.336. The van der Waals surface area contributed by atoms with Crippen molar-refractivity contribution in [2.24, 2.45) is 5.92 Å². The lowest BCUT2D eigenvalue weighted by Gasteiger charge is -2.33. The van der Waals surface area contributed by atoms with Crippen molar-refractivity contribution >= 4 is 28.6 Å². The van der Waals surface area contributed by atoms with Crippen LogP contribution in [0.4, 0.5) is 11.4 Å². The van der Waals surface area contributed by atoms with Crippen LogP contribution >= 0.6 is 11.3 Å². The first-order chi connectivity index (χ1) is 14.6. The molecular formula is C22H28N4O3S. The summed E-state index contributed by atoms with van der Waals surface area (Å²) < 4.78 is 0. The Morgan fingerprint density at radius 1 is 1.13 bits per heavy atom. The Hall–Kier alpha value is -2.45. The van der Waals surface area contributed by atoms with E-state index in [1.165, 1.54) is 23.8 Å². The summed E-state index contributed by atoms with van der Waals surface area (Å²) >= 11 is 1.75. The monoisotopic (exact) mass is 428 g/mol. The summed E-state index contributed by atoms with van der Waals surface area (Å²) in [6, 6.07) is 11.3. The number of nitro benzene ring substituents is 1. The number of rotatable bonds is 7. The van der Waals surface area contributed by atoms with Crippen LogP contribution in [-0.4, -0.2) is 48.5 Å². The second-order valence-electron chi connectivity index (χ2n) is 8.03. The van der Waals surface area contributed by atoms with Gasteiger partial charge in [0.15, 0.2) is 0 Å². The molecule has 0 unspecified atom stereocenters. The van der Waals surface area contributed by atoms with E-state index >= 15 is 0 Å². The van der Waals surface area contributed by atoms with E-state index in [1.54, 1.807) is 23.5 Å². The van der Waals surface area contributed by atoms with Crippen molar-refractivity contribution in [3.8, 4) is 0 Å². The van der Waals surface area contributed by atoms with Crippen molar-refractivity contribution in [1.29, 1.82) is 0 Å². The molecule has 0 aliphatic carbocycles. The van der Waals surface area contributed by atoms with Gasteiger partial charge in [0.2, 0.25) is 5.91 Å². The summed E-state index contributed by atoms with van der Waals surface area (Å²) in [5.74, 6) is 0.0737. The normalized spacial score (nSPS) is 19.0. The largest absolute Gasteiger partial charge is 0.366 e. The number of para-hydroxylation sites is 2. The Labute approximate surface area is 180 Å². The molecule has 2 saturated heterocycles. The second kappa shape index (κ2) is 9.57. The van der Waals surface area contributed by atoms with Gasteiger partial charge in [0, 0.05) is 36.5 Å². The zero-order valence-electron chi connectivity index (χ0n) is 17.0. The van der Waals surface area contributed by atoms with Crippen molar-refractivity contribution in [2.45, 2.75) is 31.7 Å². The predicted octanol–water partition coefficient (Wildman–Crippen LogP) is 3.83. The van der Waals surface area contributed by atoms with Crippen LogP contribution in [0.15, 0.2) is 41.8 Å². The summed E-state index contributed by atoms with van der Waals surface area (Å²) in [6.07, 6.45) is 3.87. The summed E-state index contributed by atoms with van der Waals surface area (Å²) in [7, 11) is 0. The van der Waals surface area contributed by atoms with Crippen LogP contribution in [0, 0.1) is 16.0 Å². The van der Waals surface area contributed by atoms with Gasteiger partial charge in [0.25, 0.3) is 5.69 Å². The van der Waals surface area contributed by atoms with E-state index in [2.05, 4.69) is 27.7 Å². The first-order valence-electron chi connectivity index (χ1n) is 10.7. The maximum absolute atomic E-state index is 12.9. The van der Waals surface area contributed by atoms with E-state index < -0.39 is 0 Å². The summed E-state index contributed by atoms with van der Waals surface area (Å²) in [5, 5.41) is 16.6. The lowest BCUT2D eigenvalue weighted by Crippen LogP contribution is -2.43. The zero-order valence-corrected chi connectivity index (χ0v) is 17.9. The Balaban J connectivity index is 1.33. The smallest absolute Gasteiger partial charge is 0.292 e. The topological polar surface area (TPSA) is 78.7 Å². The van der Waals surface area contributed by atoms with Gasteiger partial charge in [-0.25, -0.2) is 0 Å². The number of benzene rings is 1. The van der Waals surface area contributed by atoms with E-state index in [9.17, 15) is 14.9 Å². The van der Waals surface area contributed by atoms with Crippen LogP contribution in [0.3, 0.4) is 0 Å². The average Bonchev–Trinajstić information content (AvgIpc) is 3.49. The van der Waals surface area contributed by atoms with Gasteiger partial charge in [-0.2, -0.15) is 0 Å². The standard InChI is InChI=1S/C22H28N4O3S/c27-22(23-16-20(21-8-5-15-30-21)24-11-3-4-12-24)17-9-13-25(14-10-17)18-6-1-2-7-19(18)26(28)29/h1-2,5-8,15,17,20H,3-4,9-14,16H2,(H,23,27)/t20-/m1/s1. The maximum atomic E-state index is 12.9. The van der Waals surface area contributed by atoms with E-state index in [0.717, 1.165) is 13.1 Å². The van der Waals surface area contributed by atoms with Crippen molar-refractivity contribution in [1.82, 2.24) is 10.2 Å². The number of nitrogens with zero attached hydrogens (tertiary/aromatic N) is 3. The van der Waals surface area contributed by atoms with Gasteiger partial charge in [-0.1, -0.05) is 18.2 Å². The molecule has 1 N–H and O–H groups in total. The van der Waals surface area contributed by atoms with E-state index in [1.807, 2.05) is 11.0 Å². The lowest BCUT2D eigenvalue weighted by atomic mass is 9.95. The van der Waals surface area contributed by atoms with Gasteiger partial charge in [0.1, 0.15) is 5.69 Å². The first kappa shape index (κ1) is 20.8. The summed E-state index contributed by atoms with van der Waals surface area (Å²) in [4.78, 5) is 29.6. The number of anilines is 1. The fraction of sp³-hybridized carbons (Fsp3) is 0.500. The number of hydrogen-bond donors (Lipinski definition) is 1. The van der Waals surface area contributed by atoms with Crippen molar-refractivity contribution in [3.63, 3.8) is 0 Å². The van der Waals surface area contributed by atoms with Crippen LogP contribution in [-0.2, 0) is 4.79 Å². The molecule has 7 nitrogen and oxygen atoms in total. The minimum Gasteiger partial charge on any atom is -0.366 e. The third kappa shape index (κ3) is 4.65. The molecule has 3 heterocycles. The second-order valence-corrected chi connectivity index (χ2v) is 9.01. The van der Waals surface area contributed by atoms with E-state index in [4.69, 9.17) is 0 Å². The molecular weight excluding hydrogens is 400 g/mol. The molecule has 2 aromatic rings. The van der Waals surface area contributed by atoms with Crippen LogP contribution in [0.1, 0.15) is 36.6 Å². The lowest BCUT2D eigenvalue weighted by molar-refractivity contribution is -0.384. The number of nitrogens with one attached hydrogen (secondary N) is 1. The SMILES string of the molecule is O=C(NC[C@H](c1cccs1)N1CCCC1)C1CCN(c2ccccc2[N+](=O)[O-])CC1. The molecule has 0 saturated carbocycles. The van der Waals surface area contributed by atoms with Crippen molar-refractivity contribution in [3.05, 3.63) is 56.8 Å². The number of hydrogen-bond acceptors (Lipinski definition) is 6. The molecule has 8 heteroatoms. The highest BCUT2D eigenvalue weighted by molar-refractivity contribution is 7.10. The number of thiophene rings is 1. The molecule has 4 rings (SSSR count). The van der Waals surface area contributed by atoms with E-state index in [0.29, 0.717) is 38.2 Å². The third-order valence-electron chi connectivity index (χ3n) is 6.21. The maximum Gasteiger partial charge on any atom is 0.292 e. The zero-order chi connectivity index (χ0) is 20.9. The van der Waals surface area contributed by atoms with Crippen molar-refractivity contribution < 1.29 is 9.72 Å². The highest BCUT2D eigenvalue weighted by Gasteiger charge is 2.30. The van der Waals surface area contributed by atoms with Gasteiger partial charge in [-0.05, 0) is 56.3 Å². The summed E-state index contributed by atoms with van der Waals surface area (Å²) in [6.45, 7) is 4.13. The van der Waals surface area contributed by atoms with Crippen LogP contribution in [0.2, 0.25) is 0 Å². The number of likely N-dealkylation sites (tertiary alicyclic amines) is 1. The predicted molar refractivity (Wildman–Crippen MR) is 119 cm³/mol. The molecule has 1 atom stereocenters. The molecule has 2 aliphatic heterocycles. The van der Waals surface area contributed by atoms with Crippen LogP contribution < -0.4 is 10.2 Å². The Morgan fingerprint density at radius 2 is 1.87 bits per heavy atom. The average molecular weight is 429 g/mol.